The van der Waals surface area contributed by atoms with Gasteiger partial charge in [-0.2, -0.15) is 8.42 Å². The highest BCUT2D eigenvalue weighted by atomic mass is 127. The van der Waals surface area contributed by atoms with E-state index in [0.29, 0.717) is 5.56 Å². The Balaban J connectivity index is 2.03. The molecule has 4 nitrogen and oxygen atoms in total. The van der Waals surface area contributed by atoms with Crippen LogP contribution < -0.4 is 5.32 Å². The van der Waals surface area contributed by atoms with Crippen LogP contribution in [-0.2, 0) is 10.0 Å². The number of hydrogen-bond acceptors (Lipinski definition) is 2. The van der Waals surface area contributed by atoms with Crippen LogP contribution in [0.2, 0.25) is 0 Å². The molecular weight excluding hydrogens is 447 g/mol. The number of sulfonamides is 1. The second-order valence-corrected chi connectivity index (χ2v) is 8.08. The maximum Gasteiger partial charge on any atom is 0.284 e. The van der Waals surface area contributed by atoms with Crippen molar-refractivity contribution in [3.05, 3.63) is 94.1 Å². The monoisotopic (exact) mass is 462 g/mol. The minimum absolute atomic E-state index is 0.160. The Labute approximate surface area is 160 Å². The molecule has 0 fully saturated rings. The van der Waals surface area contributed by atoms with E-state index in [0.717, 1.165) is 9.26 Å². The summed E-state index contributed by atoms with van der Waals surface area (Å²) in [6, 6.07) is 25.0. The first-order chi connectivity index (χ1) is 12.0. The molecule has 0 aliphatic heterocycles. The second kappa shape index (κ2) is 7.79. The summed E-state index contributed by atoms with van der Waals surface area (Å²) in [4.78, 5) is 0.160. The summed E-state index contributed by atoms with van der Waals surface area (Å²) in [5, 5.41) is 3.12. The average molecular weight is 462 g/mol. The van der Waals surface area contributed by atoms with Crippen molar-refractivity contribution in [2.24, 2.45) is 4.40 Å². The standard InChI is InChI=1S/C19H15IN2O2S/c20-16-11-13-17(14-12-16)21-19(15-7-3-1-4-8-15)22-25(23,24)18-9-5-2-6-10-18/h1-14H,(H,21,22). The third-order valence-electron chi connectivity index (χ3n) is 3.41. The van der Waals surface area contributed by atoms with Gasteiger partial charge in [0.2, 0.25) is 0 Å². The number of amidine groups is 1. The molecule has 3 aromatic rings. The molecule has 1 N–H and O–H groups in total. The number of nitrogens with one attached hydrogen (secondary N) is 1. The Kier molecular flexibility index (Phi) is 5.50. The first-order valence-corrected chi connectivity index (χ1v) is 10.0. The molecule has 0 heterocycles. The van der Waals surface area contributed by atoms with E-state index in [4.69, 9.17) is 0 Å². The summed E-state index contributed by atoms with van der Waals surface area (Å²) in [7, 11) is -3.81. The average Bonchev–Trinajstić information content (AvgIpc) is 2.64. The Bertz CT molecular complexity index is 971. The topological polar surface area (TPSA) is 58.5 Å². The Hall–Kier alpha value is -2.19. The molecule has 0 spiro atoms. The van der Waals surface area contributed by atoms with Gasteiger partial charge < -0.3 is 5.32 Å². The van der Waals surface area contributed by atoms with Gasteiger partial charge in [0, 0.05) is 14.8 Å². The lowest BCUT2D eigenvalue weighted by atomic mass is 10.2. The van der Waals surface area contributed by atoms with Crippen molar-refractivity contribution in [3.63, 3.8) is 0 Å². The van der Waals surface area contributed by atoms with E-state index in [1.807, 2.05) is 54.6 Å². The van der Waals surface area contributed by atoms with Gasteiger partial charge in [0.15, 0.2) is 5.84 Å². The van der Waals surface area contributed by atoms with E-state index < -0.39 is 10.0 Å². The normalized spacial score (nSPS) is 12.0. The maximum absolute atomic E-state index is 12.6. The second-order valence-electron chi connectivity index (χ2n) is 5.23. The van der Waals surface area contributed by atoms with Crippen molar-refractivity contribution in [3.8, 4) is 0 Å². The van der Waals surface area contributed by atoms with E-state index >= 15 is 0 Å². The molecule has 3 aromatic carbocycles. The molecule has 3 rings (SSSR count). The van der Waals surface area contributed by atoms with Crippen molar-refractivity contribution in [1.82, 2.24) is 0 Å². The number of benzene rings is 3. The highest BCUT2D eigenvalue weighted by Crippen LogP contribution is 2.17. The molecule has 0 aliphatic carbocycles. The predicted molar refractivity (Wildman–Crippen MR) is 109 cm³/mol. The summed E-state index contributed by atoms with van der Waals surface area (Å²) in [6.07, 6.45) is 0. The molecule has 0 amide bonds. The molecule has 6 heteroatoms. The number of anilines is 1. The van der Waals surface area contributed by atoms with Crippen LogP contribution in [0.25, 0.3) is 0 Å². The van der Waals surface area contributed by atoms with Crippen LogP contribution in [0.3, 0.4) is 0 Å². The zero-order valence-corrected chi connectivity index (χ0v) is 16.1. The maximum atomic E-state index is 12.6. The molecule has 0 unspecified atom stereocenters. The fourth-order valence-electron chi connectivity index (χ4n) is 2.18. The van der Waals surface area contributed by atoms with Crippen molar-refractivity contribution < 1.29 is 8.42 Å². The molecule has 0 bridgehead atoms. The zero-order chi connectivity index (χ0) is 17.7. The molecule has 0 saturated carbocycles. The largest absolute Gasteiger partial charge is 0.339 e. The minimum atomic E-state index is -3.81. The van der Waals surface area contributed by atoms with Crippen LogP contribution in [0.15, 0.2) is 94.2 Å². The van der Waals surface area contributed by atoms with Gasteiger partial charge in [-0.15, -0.1) is 4.40 Å². The molecule has 25 heavy (non-hydrogen) atoms. The summed E-state index contributed by atoms with van der Waals surface area (Å²) in [6.45, 7) is 0. The van der Waals surface area contributed by atoms with E-state index in [2.05, 4.69) is 32.3 Å². The van der Waals surface area contributed by atoms with Crippen LogP contribution in [0.4, 0.5) is 5.69 Å². The van der Waals surface area contributed by atoms with Gasteiger partial charge in [-0.25, -0.2) is 0 Å². The van der Waals surface area contributed by atoms with Gasteiger partial charge in [0.05, 0.1) is 4.90 Å². The summed E-state index contributed by atoms with van der Waals surface area (Å²) in [5.74, 6) is 0.283. The van der Waals surface area contributed by atoms with E-state index in [-0.39, 0.29) is 10.7 Å². The van der Waals surface area contributed by atoms with Crippen LogP contribution in [-0.4, -0.2) is 14.3 Å². The molecule has 0 atom stereocenters. The Morgan fingerprint density at radius 2 is 1.36 bits per heavy atom. The fourth-order valence-corrected chi connectivity index (χ4v) is 3.54. The Morgan fingerprint density at radius 3 is 1.96 bits per heavy atom. The van der Waals surface area contributed by atoms with Gasteiger partial charge in [-0.05, 0) is 59.0 Å². The minimum Gasteiger partial charge on any atom is -0.339 e. The third-order valence-corrected chi connectivity index (χ3v) is 5.42. The van der Waals surface area contributed by atoms with E-state index in [9.17, 15) is 8.42 Å². The third kappa shape index (κ3) is 4.67. The lowest BCUT2D eigenvalue weighted by Crippen LogP contribution is -2.16. The van der Waals surface area contributed by atoms with Gasteiger partial charge in [-0.1, -0.05) is 48.5 Å². The van der Waals surface area contributed by atoms with Gasteiger partial charge in [-0.3, -0.25) is 0 Å². The lowest BCUT2D eigenvalue weighted by Gasteiger charge is -2.11. The number of hydrogen-bond donors (Lipinski definition) is 1. The van der Waals surface area contributed by atoms with E-state index in [1.54, 1.807) is 18.2 Å². The van der Waals surface area contributed by atoms with Crippen LogP contribution in [0, 0.1) is 3.57 Å². The lowest BCUT2D eigenvalue weighted by molar-refractivity contribution is 0.598. The van der Waals surface area contributed by atoms with Crippen molar-refractivity contribution in [2.45, 2.75) is 4.90 Å². The first kappa shape index (κ1) is 17.6. The van der Waals surface area contributed by atoms with Crippen LogP contribution in [0.5, 0.6) is 0 Å². The highest BCUT2D eigenvalue weighted by molar-refractivity contribution is 14.1. The molecule has 0 radical (unpaired) electrons. The van der Waals surface area contributed by atoms with Gasteiger partial charge in [0.25, 0.3) is 10.0 Å². The zero-order valence-electron chi connectivity index (χ0n) is 13.1. The smallest absolute Gasteiger partial charge is 0.284 e. The first-order valence-electron chi connectivity index (χ1n) is 7.53. The van der Waals surface area contributed by atoms with Crippen molar-refractivity contribution in [2.75, 3.05) is 5.32 Å². The molecule has 126 valence electrons. The van der Waals surface area contributed by atoms with Gasteiger partial charge in [0.1, 0.15) is 0 Å². The summed E-state index contributed by atoms with van der Waals surface area (Å²) >= 11 is 2.22. The fraction of sp³-hybridized carbons (Fsp3) is 0. The Morgan fingerprint density at radius 1 is 0.800 bits per heavy atom. The molecular formula is C19H15IN2O2S. The molecule has 0 saturated heterocycles. The number of nitrogens with zero attached hydrogens (tertiary/aromatic N) is 1. The van der Waals surface area contributed by atoms with E-state index in [1.165, 1.54) is 12.1 Å². The SMILES string of the molecule is O=S(=O)(/N=C(/Nc1ccc(I)cc1)c1ccccc1)c1ccccc1. The van der Waals surface area contributed by atoms with Crippen LogP contribution >= 0.6 is 22.6 Å². The van der Waals surface area contributed by atoms with Crippen molar-refractivity contribution >= 4 is 44.1 Å². The van der Waals surface area contributed by atoms with Gasteiger partial charge >= 0.3 is 0 Å². The molecule has 0 aromatic heterocycles. The predicted octanol–water partition coefficient (Wildman–Crippen LogP) is 4.54. The quantitative estimate of drug-likeness (QED) is 0.352. The number of halogens is 1. The van der Waals surface area contributed by atoms with Crippen LogP contribution in [0.1, 0.15) is 5.56 Å². The summed E-state index contributed by atoms with van der Waals surface area (Å²) < 4.78 is 30.4. The summed E-state index contributed by atoms with van der Waals surface area (Å²) in [5.41, 5.74) is 1.46. The number of rotatable bonds is 4. The highest BCUT2D eigenvalue weighted by Gasteiger charge is 2.15. The molecule has 0 aliphatic rings. The van der Waals surface area contributed by atoms with Crippen molar-refractivity contribution in [1.29, 1.82) is 0 Å².